The van der Waals surface area contributed by atoms with Crippen molar-refractivity contribution in [3.8, 4) is 11.3 Å². The second-order valence-electron chi connectivity index (χ2n) is 8.37. The molecule has 0 saturated carbocycles. The van der Waals surface area contributed by atoms with E-state index in [1.54, 1.807) is 66.7 Å². The normalized spacial score (nSPS) is 10.8. The summed E-state index contributed by atoms with van der Waals surface area (Å²) in [6.07, 6.45) is 0. The van der Waals surface area contributed by atoms with Crippen molar-refractivity contribution in [1.82, 2.24) is 4.98 Å². The van der Waals surface area contributed by atoms with Crippen LogP contribution in [0.2, 0.25) is 5.02 Å². The summed E-state index contributed by atoms with van der Waals surface area (Å²) in [5.41, 5.74) is 2.58. The number of nitrogens with one attached hydrogen (secondary N) is 2. The molecule has 0 bridgehead atoms. The van der Waals surface area contributed by atoms with Crippen molar-refractivity contribution in [2.75, 3.05) is 16.4 Å². The molecule has 1 aromatic heterocycles. The van der Waals surface area contributed by atoms with E-state index in [9.17, 15) is 19.5 Å². The highest BCUT2D eigenvalue weighted by Crippen LogP contribution is 2.28. The molecule has 10 heteroatoms. The largest absolute Gasteiger partial charge is 0.478 e. The highest BCUT2D eigenvalue weighted by atomic mass is 35.5. The lowest BCUT2D eigenvalue weighted by Gasteiger charge is -2.11. The zero-order chi connectivity index (χ0) is 27.4. The smallest absolute Gasteiger partial charge is 0.336 e. The van der Waals surface area contributed by atoms with Crippen LogP contribution in [0.25, 0.3) is 22.0 Å². The van der Waals surface area contributed by atoms with Crippen molar-refractivity contribution in [3.05, 3.63) is 106 Å². The lowest BCUT2D eigenvalue weighted by atomic mass is 9.98. The summed E-state index contributed by atoms with van der Waals surface area (Å²) >= 11 is 8.64. The molecule has 0 saturated heterocycles. The van der Waals surface area contributed by atoms with Crippen LogP contribution in [0, 0.1) is 0 Å². The first-order valence-corrected chi connectivity index (χ1v) is 13.9. The number of nitrogens with zero attached hydrogens (tertiary/aromatic N) is 1. The zero-order valence-electron chi connectivity index (χ0n) is 20.2. The summed E-state index contributed by atoms with van der Waals surface area (Å²) in [5.74, 6) is -1.49. The van der Waals surface area contributed by atoms with Crippen molar-refractivity contribution in [2.24, 2.45) is 0 Å². The molecule has 2 amide bonds. The zero-order valence-corrected chi connectivity index (χ0v) is 22.6. The monoisotopic (exact) mass is 573 g/mol. The summed E-state index contributed by atoms with van der Waals surface area (Å²) < 4.78 is 0. The Bertz CT molecular complexity index is 1680. The number of aromatic nitrogens is 1. The van der Waals surface area contributed by atoms with Gasteiger partial charge >= 0.3 is 5.97 Å². The Labute approximate surface area is 236 Å². The molecule has 0 aliphatic carbocycles. The van der Waals surface area contributed by atoms with Gasteiger partial charge in [0.25, 0.3) is 5.91 Å². The lowest BCUT2D eigenvalue weighted by Crippen LogP contribution is -2.14. The third kappa shape index (κ3) is 6.28. The quantitative estimate of drug-likeness (QED) is 0.168. The number of carboxylic acids is 1. The second-order valence-corrected chi connectivity index (χ2v) is 10.7. The molecule has 39 heavy (non-hydrogen) atoms. The first-order valence-electron chi connectivity index (χ1n) is 11.7. The van der Waals surface area contributed by atoms with Gasteiger partial charge in [-0.25, -0.2) is 9.78 Å². The number of hydrogen-bond acceptors (Lipinski definition) is 6. The molecule has 4 aromatic carbocycles. The molecule has 0 unspecified atom stereocenters. The average Bonchev–Trinajstić information content (AvgIpc) is 3.40. The molecule has 194 valence electrons. The van der Waals surface area contributed by atoms with Crippen LogP contribution in [0.1, 0.15) is 20.7 Å². The number of carbonyl (C=O) groups is 3. The number of thiazole rings is 1. The van der Waals surface area contributed by atoms with E-state index in [1.165, 1.54) is 29.2 Å². The summed E-state index contributed by atoms with van der Waals surface area (Å²) in [6, 6.07) is 24.4. The molecule has 5 rings (SSSR count). The van der Waals surface area contributed by atoms with Crippen molar-refractivity contribution >= 4 is 74.1 Å². The number of hydrogen-bond donors (Lipinski definition) is 3. The maximum atomic E-state index is 13.0. The first kappa shape index (κ1) is 26.4. The van der Waals surface area contributed by atoms with Crippen molar-refractivity contribution in [3.63, 3.8) is 0 Å². The summed E-state index contributed by atoms with van der Waals surface area (Å²) in [7, 11) is 0. The number of thioether (sulfide) groups is 1. The van der Waals surface area contributed by atoms with Gasteiger partial charge in [-0.2, -0.15) is 0 Å². The minimum atomic E-state index is -1.09. The third-order valence-electron chi connectivity index (χ3n) is 5.75. The molecule has 7 nitrogen and oxygen atoms in total. The number of fused-ring (bicyclic) bond motifs is 1. The van der Waals surface area contributed by atoms with Crippen molar-refractivity contribution < 1.29 is 19.5 Å². The molecule has 0 atom stereocenters. The van der Waals surface area contributed by atoms with E-state index in [-0.39, 0.29) is 22.8 Å². The predicted molar refractivity (Wildman–Crippen MR) is 157 cm³/mol. The lowest BCUT2D eigenvalue weighted by molar-refractivity contribution is -0.113. The summed E-state index contributed by atoms with van der Waals surface area (Å²) in [4.78, 5) is 42.5. The SMILES string of the molecule is O=C(CSc1ccc(NC(=O)c2cccc3cccc(C(=O)O)c23)cc1)Nc1nc(-c2ccc(Cl)cc2)cs1. The molecule has 0 radical (unpaired) electrons. The highest BCUT2D eigenvalue weighted by molar-refractivity contribution is 8.00. The topological polar surface area (TPSA) is 108 Å². The molecule has 0 aliphatic rings. The molecule has 0 spiro atoms. The van der Waals surface area contributed by atoms with Gasteiger partial charge in [0.2, 0.25) is 5.91 Å². The van der Waals surface area contributed by atoms with Crippen molar-refractivity contribution in [1.29, 1.82) is 0 Å². The molecular formula is C29H20ClN3O4S2. The number of rotatable bonds is 8. The Morgan fingerprint density at radius 2 is 1.56 bits per heavy atom. The number of amides is 2. The number of anilines is 2. The van der Waals surface area contributed by atoms with Crippen LogP contribution in [-0.2, 0) is 4.79 Å². The number of aromatic carboxylic acids is 1. The van der Waals surface area contributed by atoms with Gasteiger partial charge in [-0.3, -0.25) is 9.59 Å². The van der Waals surface area contributed by atoms with Gasteiger partial charge in [-0.05, 0) is 53.9 Å². The van der Waals surface area contributed by atoms with Gasteiger partial charge in [0.15, 0.2) is 5.13 Å². The predicted octanol–water partition coefficient (Wildman–Crippen LogP) is 7.30. The summed E-state index contributed by atoms with van der Waals surface area (Å²) in [6.45, 7) is 0. The van der Waals surface area contributed by atoms with Gasteiger partial charge in [0, 0.05) is 37.5 Å². The number of carbonyl (C=O) groups excluding carboxylic acids is 2. The maximum Gasteiger partial charge on any atom is 0.336 e. The van der Waals surface area contributed by atoms with Crippen LogP contribution in [0.4, 0.5) is 10.8 Å². The number of benzene rings is 4. The molecule has 0 fully saturated rings. The van der Waals surface area contributed by atoms with E-state index in [1.807, 2.05) is 17.5 Å². The van der Waals surface area contributed by atoms with E-state index in [2.05, 4.69) is 15.6 Å². The van der Waals surface area contributed by atoms with Crippen LogP contribution in [0.3, 0.4) is 0 Å². The van der Waals surface area contributed by atoms with Gasteiger partial charge in [0.05, 0.1) is 17.0 Å². The van der Waals surface area contributed by atoms with Crippen LogP contribution in [0.5, 0.6) is 0 Å². The van der Waals surface area contributed by atoms with Crippen LogP contribution >= 0.6 is 34.7 Å². The van der Waals surface area contributed by atoms with Crippen molar-refractivity contribution in [2.45, 2.75) is 4.90 Å². The average molecular weight is 574 g/mol. The van der Waals surface area contributed by atoms with E-state index in [4.69, 9.17) is 11.6 Å². The summed E-state index contributed by atoms with van der Waals surface area (Å²) in [5, 5.41) is 19.3. The van der Waals surface area contributed by atoms with E-state index in [0.29, 0.717) is 26.6 Å². The third-order valence-corrected chi connectivity index (χ3v) is 7.77. The Morgan fingerprint density at radius 3 is 2.26 bits per heavy atom. The number of halogens is 1. The Hall–Kier alpha value is -4.18. The molecule has 0 aliphatic heterocycles. The van der Waals surface area contributed by atoms with Gasteiger partial charge < -0.3 is 15.7 Å². The Morgan fingerprint density at radius 1 is 0.872 bits per heavy atom. The fourth-order valence-corrected chi connectivity index (χ4v) is 5.49. The second kappa shape index (κ2) is 11.7. The molecule has 1 heterocycles. The van der Waals surface area contributed by atoms with E-state index in [0.717, 1.165) is 16.2 Å². The van der Waals surface area contributed by atoms with Gasteiger partial charge in [0.1, 0.15) is 0 Å². The Balaban J connectivity index is 1.18. The van der Waals surface area contributed by atoms with E-state index < -0.39 is 11.9 Å². The van der Waals surface area contributed by atoms with Gasteiger partial charge in [-0.1, -0.05) is 48.0 Å². The van der Waals surface area contributed by atoms with Gasteiger partial charge in [-0.15, -0.1) is 23.1 Å². The van der Waals surface area contributed by atoms with Crippen LogP contribution in [-0.4, -0.2) is 33.6 Å². The molecular weight excluding hydrogens is 554 g/mol. The van der Waals surface area contributed by atoms with Crippen LogP contribution in [0.15, 0.2) is 95.2 Å². The standard InChI is InChI=1S/C29H20ClN3O4S2/c30-19-9-7-17(8-10-19)24-15-39-29(32-24)33-25(34)16-38-21-13-11-20(12-14-21)31-27(35)22-5-1-3-18-4-2-6-23(26(18)22)28(36)37/h1-15H,16H2,(H,31,35)(H,36,37)(H,32,33,34). The first-order chi connectivity index (χ1) is 18.9. The van der Waals surface area contributed by atoms with Crippen LogP contribution < -0.4 is 10.6 Å². The van der Waals surface area contributed by atoms with E-state index >= 15 is 0 Å². The fraction of sp³-hybridized carbons (Fsp3) is 0.0345. The maximum absolute atomic E-state index is 13.0. The minimum absolute atomic E-state index is 0.0715. The Kier molecular flexibility index (Phi) is 7.92. The highest BCUT2D eigenvalue weighted by Gasteiger charge is 2.17. The number of carboxylic acid groups (broad SMARTS) is 1. The molecule has 5 aromatic rings. The molecule has 3 N–H and O–H groups in total. The minimum Gasteiger partial charge on any atom is -0.478 e. The fourth-order valence-electron chi connectivity index (χ4n) is 3.93.